The maximum Gasteiger partial charge on any atom is 0.408 e. The molecule has 3 aliphatic heterocycles. The number of aliphatic hydroxyl groups is 1. The monoisotopic (exact) mass is 804 g/mol. The SMILES string of the molecule is CC[C@@H]1OC(=O)[C@H](C)C(=O)[C@H](C)[C@@H](O[C@@H]2O[C@H](C)C[C@H](N(C)C)[C@H]2O)[C@@](C)(OCC#CCc2ccc(-c3cnccn3)cc2)C[C@@H](C)C(=O)[C@@H](C)[C@H]2NC(=O)O[C@]12C. The van der Waals surface area contributed by atoms with Crippen LogP contribution in [0.3, 0.4) is 0 Å². The molecule has 0 bridgehead atoms. The lowest BCUT2D eigenvalue weighted by atomic mass is 9.73. The number of esters is 1. The molecule has 0 radical (unpaired) electrons. The molecule has 2 N–H and O–H groups in total. The number of rotatable bonds is 8. The summed E-state index contributed by atoms with van der Waals surface area (Å²) in [7, 11) is 3.73. The second-order valence-electron chi connectivity index (χ2n) is 16.8. The number of ether oxygens (including phenoxy) is 5. The van der Waals surface area contributed by atoms with Crippen molar-refractivity contribution in [2.45, 2.75) is 135 Å². The molecule has 1 amide bonds. The summed E-state index contributed by atoms with van der Waals surface area (Å²) in [4.78, 5) is 65.8. The molecule has 0 unspecified atom stereocenters. The number of amides is 1. The molecule has 14 heteroatoms. The van der Waals surface area contributed by atoms with Crippen LogP contribution < -0.4 is 5.32 Å². The Morgan fingerprint density at radius 2 is 1.69 bits per heavy atom. The van der Waals surface area contributed by atoms with Crippen molar-refractivity contribution in [3.8, 4) is 23.1 Å². The predicted molar refractivity (Wildman–Crippen MR) is 214 cm³/mol. The van der Waals surface area contributed by atoms with E-state index in [-0.39, 0.29) is 37.4 Å². The zero-order chi connectivity index (χ0) is 42.5. The van der Waals surface area contributed by atoms with Crippen LogP contribution in [0.15, 0.2) is 42.9 Å². The van der Waals surface area contributed by atoms with Gasteiger partial charge in [-0.2, -0.15) is 0 Å². The largest absolute Gasteiger partial charge is 0.458 e. The van der Waals surface area contributed by atoms with Gasteiger partial charge in [0.05, 0.1) is 35.7 Å². The summed E-state index contributed by atoms with van der Waals surface area (Å²) in [5, 5.41) is 14.4. The van der Waals surface area contributed by atoms with Gasteiger partial charge in [-0.15, -0.1) is 0 Å². The van der Waals surface area contributed by atoms with Gasteiger partial charge < -0.3 is 39.0 Å². The van der Waals surface area contributed by atoms with Crippen LogP contribution in [0.5, 0.6) is 0 Å². The second kappa shape index (κ2) is 18.8. The number of alkyl carbamates (subject to hydrolysis) is 1. The van der Waals surface area contributed by atoms with Crippen LogP contribution in [0.2, 0.25) is 0 Å². The smallest absolute Gasteiger partial charge is 0.408 e. The number of nitrogens with zero attached hydrogens (tertiary/aromatic N) is 3. The maximum absolute atomic E-state index is 14.4. The summed E-state index contributed by atoms with van der Waals surface area (Å²) in [6, 6.07) is 6.71. The molecule has 2 aromatic rings. The zero-order valence-electron chi connectivity index (χ0n) is 35.4. The highest BCUT2D eigenvalue weighted by molar-refractivity contribution is 6.00. The van der Waals surface area contributed by atoms with E-state index < -0.39 is 83.4 Å². The van der Waals surface area contributed by atoms with Crippen molar-refractivity contribution >= 4 is 23.6 Å². The molecule has 13 atom stereocenters. The third-order valence-corrected chi connectivity index (χ3v) is 12.2. The highest BCUT2D eigenvalue weighted by Gasteiger charge is 2.57. The molecule has 0 saturated carbocycles. The van der Waals surface area contributed by atoms with E-state index in [0.29, 0.717) is 12.8 Å². The molecule has 14 nitrogen and oxygen atoms in total. The number of likely N-dealkylation sites (N-methyl/N-ethyl adjacent to an activating group) is 1. The number of aliphatic hydroxyl groups excluding tert-OH is 1. The van der Waals surface area contributed by atoms with E-state index in [0.717, 1.165) is 16.8 Å². The van der Waals surface area contributed by atoms with Gasteiger partial charge in [0.1, 0.15) is 30.5 Å². The second-order valence-corrected chi connectivity index (χ2v) is 16.8. The Labute approximate surface area is 342 Å². The molecule has 1 aromatic carbocycles. The van der Waals surface area contributed by atoms with Crippen molar-refractivity contribution in [3.05, 3.63) is 48.4 Å². The summed E-state index contributed by atoms with van der Waals surface area (Å²) in [5.74, 6) is 1.04. The third kappa shape index (κ3) is 9.77. The molecule has 0 aliphatic carbocycles. The number of fused-ring (bicyclic) bond motifs is 1. The number of benzene rings is 1. The minimum Gasteiger partial charge on any atom is -0.458 e. The zero-order valence-corrected chi connectivity index (χ0v) is 35.4. The first kappa shape index (κ1) is 44.8. The van der Waals surface area contributed by atoms with Crippen molar-refractivity contribution in [1.82, 2.24) is 20.2 Å². The van der Waals surface area contributed by atoms with Gasteiger partial charge in [-0.05, 0) is 66.6 Å². The summed E-state index contributed by atoms with van der Waals surface area (Å²) >= 11 is 0. The average molecular weight is 805 g/mol. The molecule has 4 heterocycles. The van der Waals surface area contributed by atoms with Crippen LogP contribution in [0.1, 0.15) is 80.2 Å². The predicted octanol–water partition coefficient (Wildman–Crippen LogP) is 4.55. The number of carbonyl (C=O) groups is 4. The van der Waals surface area contributed by atoms with Crippen LogP contribution in [0.25, 0.3) is 11.3 Å². The van der Waals surface area contributed by atoms with E-state index in [9.17, 15) is 24.3 Å². The molecule has 3 saturated heterocycles. The molecular weight excluding hydrogens is 745 g/mol. The standard InChI is InChI=1S/C44H60N4O10/c1-11-34-44(8)38(47-42(53)58-44)27(4)35(49)25(2)23-43(7,54-21-13-12-14-30-15-17-31(18-16-30)32-24-45-19-20-46-32)39(28(5)36(50)29(6)40(52)56-34)57-41-37(51)33(48(9)10)22-26(3)55-41/h15-20,24-29,33-34,37-39,41,51H,11,14,21-23H2,1-10H3,(H,47,53)/t25-,26-,27-,28+,29-,33+,34+,37-,38-,39-,41+,43+,44-/m1/s1. The Hall–Kier alpha value is -4.26. The average Bonchev–Trinajstić information content (AvgIpc) is 3.52. The van der Waals surface area contributed by atoms with E-state index in [2.05, 4.69) is 27.1 Å². The van der Waals surface area contributed by atoms with Gasteiger partial charge in [-0.25, -0.2) is 4.79 Å². The highest BCUT2D eigenvalue weighted by Crippen LogP contribution is 2.40. The summed E-state index contributed by atoms with van der Waals surface area (Å²) in [5.41, 5.74) is -0.110. The lowest BCUT2D eigenvalue weighted by Gasteiger charge is -2.47. The fourth-order valence-corrected chi connectivity index (χ4v) is 8.78. The number of nitrogens with one attached hydrogen (secondary N) is 1. The normalized spacial score (nSPS) is 36.2. The Bertz CT molecular complexity index is 1830. The molecule has 0 spiro atoms. The van der Waals surface area contributed by atoms with Crippen LogP contribution in [-0.2, 0) is 44.5 Å². The Kier molecular flexibility index (Phi) is 14.5. The van der Waals surface area contributed by atoms with E-state index >= 15 is 0 Å². The molecule has 58 heavy (non-hydrogen) atoms. The number of hydrogen-bond acceptors (Lipinski definition) is 13. The summed E-state index contributed by atoms with van der Waals surface area (Å²) in [6.07, 6.45) is 0.901. The van der Waals surface area contributed by atoms with Gasteiger partial charge in [0, 0.05) is 48.2 Å². The van der Waals surface area contributed by atoms with Gasteiger partial charge in [-0.1, -0.05) is 63.8 Å². The third-order valence-electron chi connectivity index (χ3n) is 12.2. The van der Waals surface area contributed by atoms with Crippen molar-refractivity contribution < 1.29 is 48.0 Å². The number of cyclic esters (lactones) is 1. The minimum absolute atomic E-state index is 0.0632. The van der Waals surface area contributed by atoms with Gasteiger partial charge in [-0.3, -0.25) is 24.4 Å². The van der Waals surface area contributed by atoms with Gasteiger partial charge in [0.25, 0.3) is 0 Å². The van der Waals surface area contributed by atoms with E-state index in [1.165, 1.54) is 6.92 Å². The molecule has 3 aliphatic rings. The van der Waals surface area contributed by atoms with Crippen molar-refractivity contribution in [2.24, 2.45) is 23.7 Å². The van der Waals surface area contributed by atoms with Crippen LogP contribution >= 0.6 is 0 Å². The van der Waals surface area contributed by atoms with Crippen LogP contribution in [-0.4, -0.2) is 118 Å². The number of Topliss-reactive ketones (excluding diaryl/α,β-unsaturated/α-hetero) is 2. The van der Waals surface area contributed by atoms with E-state index in [4.69, 9.17) is 23.7 Å². The van der Waals surface area contributed by atoms with E-state index in [1.807, 2.05) is 50.2 Å². The number of hydrogen-bond donors (Lipinski definition) is 2. The van der Waals surface area contributed by atoms with Crippen LogP contribution in [0.4, 0.5) is 4.79 Å². The first-order valence-electron chi connectivity index (χ1n) is 20.3. The first-order valence-corrected chi connectivity index (χ1v) is 20.3. The van der Waals surface area contributed by atoms with E-state index in [1.54, 1.807) is 60.1 Å². The van der Waals surface area contributed by atoms with Crippen molar-refractivity contribution in [2.75, 3.05) is 20.7 Å². The molecule has 316 valence electrons. The minimum atomic E-state index is -1.40. The Balaban J connectivity index is 1.50. The van der Waals surface area contributed by atoms with Gasteiger partial charge in [0.15, 0.2) is 17.7 Å². The molecule has 1 aromatic heterocycles. The lowest BCUT2D eigenvalue weighted by molar-refractivity contribution is -0.296. The topological polar surface area (TPSA) is 176 Å². The summed E-state index contributed by atoms with van der Waals surface area (Å²) in [6.45, 7) is 13.6. The quantitative estimate of drug-likeness (QED) is 0.216. The Morgan fingerprint density at radius 3 is 2.33 bits per heavy atom. The number of ketones is 2. The fourth-order valence-electron chi connectivity index (χ4n) is 8.78. The lowest BCUT2D eigenvalue weighted by Crippen LogP contribution is -2.60. The Morgan fingerprint density at radius 1 is 0.983 bits per heavy atom. The number of carbonyl (C=O) groups excluding carboxylic acids is 4. The summed E-state index contributed by atoms with van der Waals surface area (Å²) < 4.78 is 31.3. The first-order chi connectivity index (χ1) is 27.4. The number of aromatic nitrogens is 2. The molecule has 3 fully saturated rings. The highest BCUT2D eigenvalue weighted by atomic mass is 16.7. The molecule has 5 rings (SSSR count). The van der Waals surface area contributed by atoms with Crippen molar-refractivity contribution in [3.63, 3.8) is 0 Å². The maximum atomic E-state index is 14.4. The van der Waals surface area contributed by atoms with Crippen molar-refractivity contribution in [1.29, 1.82) is 0 Å². The van der Waals surface area contributed by atoms with Crippen LogP contribution in [0, 0.1) is 35.5 Å². The molecular formula is C44H60N4O10. The van der Waals surface area contributed by atoms with Gasteiger partial charge in [0.2, 0.25) is 0 Å². The fraction of sp³-hybridized carbons (Fsp3) is 0.636. The van der Waals surface area contributed by atoms with Gasteiger partial charge >= 0.3 is 12.1 Å².